The van der Waals surface area contributed by atoms with Crippen molar-refractivity contribution in [1.29, 1.82) is 0 Å². The summed E-state index contributed by atoms with van der Waals surface area (Å²) in [6, 6.07) is 8.39. The molecule has 2 fully saturated rings. The second-order valence-electron chi connectivity index (χ2n) is 7.48. The molecule has 26 heavy (non-hydrogen) atoms. The Bertz CT molecular complexity index is 930. The quantitative estimate of drug-likeness (QED) is 0.732. The molecule has 2 amide bonds. The summed E-state index contributed by atoms with van der Waals surface area (Å²) in [6.07, 6.45) is 10.3. The molecule has 0 unspecified atom stereocenters. The number of carbonyl (C=O) groups is 2. The SMILES string of the molecule is O=C1[C@@H]2[C@H](C(=O)N1c1nccs1)[C@H]1c3ccccc3[C@H]2[C@H]2C=CC=C[C@H]21. The van der Waals surface area contributed by atoms with E-state index < -0.39 is 0 Å². The average molecular weight is 360 g/mol. The van der Waals surface area contributed by atoms with Gasteiger partial charge in [-0.25, -0.2) is 9.88 Å². The molecule has 1 saturated carbocycles. The van der Waals surface area contributed by atoms with Crippen LogP contribution in [0.4, 0.5) is 5.13 Å². The Labute approximate surface area is 154 Å². The second kappa shape index (κ2) is 5.01. The van der Waals surface area contributed by atoms with E-state index in [2.05, 4.69) is 41.4 Å². The molecule has 4 nitrogen and oxygen atoms in total. The first-order valence-corrected chi connectivity index (χ1v) is 9.86. The molecule has 2 aromatic rings. The lowest BCUT2D eigenvalue weighted by atomic mass is 9.48. The van der Waals surface area contributed by atoms with Crippen LogP contribution in [-0.4, -0.2) is 16.8 Å². The van der Waals surface area contributed by atoms with Gasteiger partial charge in [0.2, 0.25) is 11.8 Å². The lowest BCUT2D eigenvalue weighted by Gasteiger charge is -2.53. The normalized spacial score (nSPS) is 36.2. The number of aromatic nitrogens is 1. The number of thiazole rings is 1. The zero-order chi connectivity index (χ0) is 17.4. The predicted molar refractivity (Wildman–Crippen MR) is 98.8 cm³/mol. The van der Waals surface area contributed by atoms with Gasteiger partial charge in [0.05, 0.1) is 11.8 Å². The number of hydrogen-bond acceptors (Lipinski definition) is 4. The molecular weight excluding hydrogens is 344 g/mol. The van der Waals surface area contributed by atoms with Gasteiger partial charge in [0, 0.05) is 23.4 Å². The highest BCUT2D eigenvalue weighted by atomic mass is 32.1. The van der Waals surface area contributed by atoms with Crippen LogP contribution in [-0.2, 0) is 9.59 Å². The lowest BCUT2D eigenvalue weighted by molar-refractivity contribution is -0.125. The smallest absolute Gasteiger partial charge is 0.240 e. The number of imide groups is 1. The van der Waals surface area contributed by atoms with Crippen molar-refractivity contribution in [3.8, 4) is 0 Å². The second-order valence-corrected chi connectivity index (χ2v) is 8.36. The van der Waals surface area contributed by atoms with Gasteiger partial charge in [-0.15, -0.1) is 11.3 Å². The minimum absolute atomic E-state index is 0.0637. The Balaban J connectivity index is 1.57. The molecular formula is C21H16N2O2S. The van der Waals surface area contributed by atoms with Crippen LogP contribution in [0.15, 0.2) is 60.1 Å². The van der Waals surface area contributed by atoms with Gasteiger partial charge in [-0.05, 0) is 23.0 Å². The maximum atomic E-state index is 13.4. The van der Waals surface area contributed by atoms with Crippen LogP contribution >= 0.6 is 11.3 Å². The van der Waals surface area contributed by atoms with Crippen molar-refractivity contribution in [2.45, 2.75) is 11.8 Å². The number of carbonyl (C=O) groups excluding carboxylic acids is 2. The number of benzene rings is 1. The third-order valence-electron chi connectivity index (χ3n) is 6.55. The lowest BCUT2D eigenvalue weighted by Crippen LogP contribution is -2.49. The highest BCUT2D eigenvalue weighted by Gasteiger charge is 2.65. The predicted octanol–water partition coefficient (Wildman–Crippen LogP) is 3.50. The molecule has 6 atom stereocenters. The molecule has 5 heteroatoms. The van der Waals surface area contributed by atoms with Crippen LogP contribution in [0.1, 0.15) is 23.0 Å². The van der Waals surface area contributed by atoms with Gasteiger partial charge in [0.1, 0.15) is 0 Å². The van der Waals surface area contributed by atoms with E-state index in [9.17, 15) is 9.59 Å². The van der Waals surface area contributed by atoms with Crippen molar-refractivity contribution < 1.29 is 9.59 Å². The molecule has 1 aromatic heterocycles. The number of allylic oxidation sites excluding steroid dienone is 4. The molecule has 2 bridgehead atoms. The summed E-state index contributed by atoms with van der Waals surface area (Å²) in [5.74, 6) is 0.0139. The van der Waals surface area contributed by atoms with E-state index in [0.29, 0.717) is 5.13 Å². The Morgan fingerprint density at radius 2 is 1.42 bits per heavy atom. The third kappa shape index (κ3) is 1.62. The van der Waals surface area contributed by atoms with Crippen molar-refractivity contribution in [3.05, 3.63) is 71.3 Å². The number of hydrogen-bond donors (Lipinski definition) is 0. The summed E-state index contributed by atoms with van der Waals surface area (Å²) in [7, 11) is 0. The third-order valence-corrected chi connectivity index (χ3v) is 7.30. The molecule has 128 valence electrons. The summed E-state index contributed by atoms with van der Waals surface area (Å²) in [6.45, 7) is 0. The van der Waals surface area contributed by atoms with Gasteiger partial charge < -0.3 is 0 Å². The first-order valence-electron chi connectivity index (χ1n) is 8.98. The highest BCUT2D eigenvalue weighted by molar-refractivity contribution is 7.14. The van der Waals surface area contributed by atoms with Gasteiger partial charge >= 0.3 is 0 Å². The summed E-state index contributed by atoms with van der Waals surface area (Å²) in [5.41, 5.74) is 2.50. The van der Waals surface area contributed by atoms with E-state index in [1.54, 1.807) is 6.20 Å². The van der Waals surface area contributed by atoms with Crippen LogP contribution in [0.2, 0.25) is 0 Å². The maximum Gasteiger partial charge on any atom is 0.240 e. The fourth-order valence-electron chi connectivity index (χ4n) is 5.74. The number of anilines is 1. The van der Waals surface area contributed by atoms with E-state index in [0.717, 1.165) is 0 Å². The first kappa shape index (κ1) is 14.6. The standard InChI is InChI=1S/C21H16N2O2S/c24-19-17-15-11-5-1-2-6-12(11)16(14-8-4-3-7-13(14)15)18(17)20(25)23(19)21-22-9-10-26-21/h1-12,15-18H/t11-,12+,15-,16-,17-,18+/m1/s1. The Morgan fingerprint density at radius 1 is 0.846 bits per heavy atom. The molecule has 1 aromatic carbocycles. The van der Waals surface area contributed by atoms with Crippen molar-refractivity contribution >= 4 is 28.3 Å². The van der Waals surface area contributed by atoms with E-state index >= 15 is 0 Å². The fourth-order valence-corrected chi connectivity index (χ4v) is 6.39. The highest BCUT2D eigenvalue weighted by Crippen LogP contribution is 2.64. The van der Waals surface area contributed by atoms with Crippen LogP contribution < -0.4 is 4.90 Å². The van der Waals surface area contributed by atoms with Gasteiger partial charge in [-0.1, -0.05) is 48.6 Å². The monoisotopic (exact) mass is 360 g/mol. The van der Waals surface area contributed by atoms with Crippen molar-refractivity contribution in [2.75, 3.05) is 4.90 Å². The van der Waals surface area contributed by atoms with Crippen LogP contribution in [0, 0.1) is 23.7 Å². The Hall–Kier alpha value is -2.53. The first-order chi connectivity index (χ1) is 12.8. The molecule has 1 saturated heterocycles. The van der Waals surface area contributed by atoms with E-state index in [-0.39, 0.29) is 47.3 Å². The van der Waals surface area contributed by atoms with Crippen molar-refractivity contribution in [3.63, 3.8) is 0 Å². The van der Waals surface area contributed by atoms with Gasteiger partial charge in [-0.3, -0.25) is 9.59 Å². The average Bonchev–Trinajstić information content (AvgIpc) is 3.29. The van der Waals surface area contributed by atoms with Gasteiger partial charge in [0.15, 0.2) is 5.13 Å². The largest absolute Gasteiger partial charge is 0.274 e. The van der Waals surface area contributed by atoms with E-state index in [1.165, 1.54) is 27.4 Å². The molecule has 4 aliphatic carbocycles. The van der Waals surface area contributed by atoms with Crippen LogP contribution in [0.25, 0.3) is 0 Å². The zero-order valence-electron chi connectivity index (χ0n) is 13.9. The summed E-state index contributed by atoms with van der Waals surface area (Å²) in [5, 5.41) is 2.32. The Morgan fingerprint density at radius 3 is 1.92 bits per heavy atom. The van der Waals surface area contributed by atoms with E-state index in [1.807, 2.05) is 17.5 Å². The number of amides is 2. The molecule has 0 spiro atoms. The zero-order valence-corrected chi connectivity index (χ0v) is 14.7. The van der Waals surface area contributed by atoms with Crippen LogP contribution in [0.3, 0.4) is 0 Å². The fraction of sp³-hybridized carbons (Fsp3) is 0.286. The number of nitrogens with zero attached hydrogens (tertiary/aromatic N) is 2. The van der Waals surface area contributed by atoms with Gasteiger partial charge in [0.25, 0.3) is 0 Å². The summed E-state index contributed by atoms with van der Waals surface area (Å²) in [4.78, 5) is 32.3. The summed E-state index contributed by atoms with van der Waals surface area (Å²) < 4.78 is 0. The minimum atomic E-state index is -0.274. The molecule has 7 rings (SSSR count). The molecule has 2 heterocycles. The summed E-state index contributed by atoms with van der Waals surface area (Å²) >= 11 is 1.35. The molecule has 5 aliphatic rings. The number of rotatable bonds is 1. The molecule has 0 N–H and O–H groups in total. The van der Waals surface area contributed by atoms with Crippen LogP contribution in [0.5, 0.6) is 0 Å². The topological polar surface area (TPSA) is 50.3 Å². The molecule has 1 aliphatic heterocycles. The van der Waals surface area contributed by atoms with E-state index in [4.69, 9.17) is 0 Å². The minimum Gasteiger partial charge on any atom is -0.274 e. The molecule has 0 radical (unpaired) electrons. The van der Waals surface area contributed by atoms with Crippen molar-refractivity contribution in [1.82, 2.24) is 4.98 Å². The maximum absolute atomic E-state index is 13.4. The van der Waals surface area contributed by atoms with Crippen molar-refractivity contribution in [2.24, 2.45) is 23.7 Å². The Kier molecular flexibility index (Phi) is 2.82. The van der Waals surface area contributed by atoms with Gasteiger partial charge in [-0.2, -0.15) is 0 Å².